The van der Waals surface area contributed by atoms with E-state index in [4.69, 9.17) is 14.2 Å². The number of carbonyl (C=O) groups is 1. The van der Waals surface area contributed by atoms with Gasteiger partial charge in [-0.3, -0.25) is 4.79 Å². The molecule has 0 aromatic carbocycles. The van der Waals surface area contributed by atoms with E-state index >= 15 is 0 Å². The van der Waals surface area contributed by atoms with E-state index in [1.807, 2.05) is 13.8 Å². The zero-order chi connectivity index (χ0) is 17.2. The van der Waals surface area contributed by atoms with Crippen LogP contribution >= 0.6 is 0 Å². The maximum absolute atomic E-state index is 11.4. The van der Waals surface area contributed by atoms with Crippen LogP contribution in [-0.2, 0) is 19.0 Å². The highest BCUT2D eigenvalue weighted by molar-refractivity contribution is 5.71. The lowest BCUT2D eigenvalue weighted by molar-refractivity contribution is -0.152. The minimum Gasteiger partial charge on any atom is -0.463 e. The molecule has 132 valence electrons. The first-order valence-electron chi connectivity index (χ1n) is 8.21. The van der Waals surface area contributed by atoms with Crippen molar-refractivity contribution in [1.82, 2.24) is 4.90 Å². The molecule has 0 saturated carbocycles. The zero-order valence-electron chi connectivity index (χ0n) is 15.5. The number of ether oxygens (including phenoxy) is 3. The maximum Gasteiger partial charge on any atom is 0.308 e. The number of hydrogen-bond acceptors (Lipinski definition) is 5. The van der Waals surface area contributed by atoms with Gasteiger partial charge in [0, 0.05) is 19.3 Å². The van der Waals surface area contributed by atoms with Gasteiger partial charge >= 0.3 is 5.97 Å². The van der Waals surface area contributed by atoms with Crippen molar-refractivity contribution in [2.45, 2.75) is 58.6 Å². The van der Waals surface area contributed by atoms with Crippen molar-refractivity contribution in [1.29, 1.82) is 0 Å². The summed E-state index contributed by atoms with van der Waals surface area (Å²) in [6, 6.07) is 0. The molecule has 0 radical (unpaired) electrons. The Labute approximate surface area is 136 Å². The minimum atomic E-state index is -0.202. The summed E-state index contributed by atoms with van der Waals surface area (Å²) in [5, 5.41) is 0. The van der Waals surface area contributed by atoms with Crippen LogP contribution in [0.15, 0.2) is 0 Å². The van der Waals surface area contributed by atoms with Crippen LogP contribution < -0.4 is 0 Å². The third-order valence-electron chi connectivity index (χ3n) is 4.37. The third-order valence-corrected chi connectivity index (χ3v) is 4.37. The summed E-state index contributed by atoms with van der Waals surface area (Å²) >= 11 is 0. The SMILES string of the molecule is CCC(C)(CCCOCC(COC(=O)C(C)C)OC)N(C)C. The molecule has 0 aliphatic carbocycles. The summed E-state index contributed by atoms with van der Waals surface area (Å²) in [5.74, 6) is -0.317. The first kappa shape index (κ1) is 21.4. The van der Waals surface area contributed by atoms with E-state index < -0.39 is 0 Å². The second kappa shape index (κ2) is 11.0. The summed E-state index contributed by atoms with van der Waals surface area (Å²) in [6.45, 7) is 9.51. The predicted octanol–water partition coefficient (Wildman–Crippen LogP) is 2.73. The van der Waals surface area contributed by atoms with E-state index in [0.29, 0.717) is 13.2 Å². The topological polar surface area (TPSA) is 48.0 Å². The Kier molecular flexibility index (Phi) is 10.6. The van der Waals surface area contributed by atoms with Gasteiger partial charge in [-0.2, -0.15) is 0 Å². The van der Waals surface area contributed by atoms with Crippen LogP contribution in [-0.4, -0.2) is 63.5 Å². The average Bonchev–Trinajstić information content (AvgIpc) is 2.48. The van der Waals surface area contributed by atoms with Gasteiger partial charge in [-0.25, -0.2) is 0 Å². The van der Waals surface area contributed by atoms with Gasteiger partial charge in [-0.05, 0) is 40.3 Å². The normalized spacial score (nSPS) is 15.9. The summed E-state index contributed by atoms with van der Waals surface area (Å²) in [5.41, 5.74) is 0.219. The van der Waals surface area contributed by atoms with Crippen molar-refractivity contribution < 1.29 is 19.0 Å². The van der Waals surface area contributed by atoms with E-state index in [-0.39, 0.29) is 30.1 Å². The molecule has 0 aliphatic rings. The van der Waals surface area contributed by atoms with Crippen molar-refractivity contribution in [3.8, 4) is 0 Å². The van der Waals surface area contributed by atoms with Gasteiger partial charge in [0.15, 0.2) is 0 Å². The lowest BCUT2D eigenvalue weighted by Crippen LogP contribution is -2.40. The Morgan fingerprint density at radius 1 is 1.23 bits per heavy atom. The van der Waals surface area contributed by atoms with Crippen LogP contribution in [0.1, 0.15) is 47.0 Å². The molecule has 0 bridgehead atoms. The Bertz CT molecular complexity index is 307. The quantitative estimate of drug-likeness (QED) is 0.409. The second-order valence-electron chi connectivity index (χ2n) is 6.57. The predicted molar refractivity (Wildman–Crippen MR) is 89.0 cm³/mol. The van der Waals surface area contributed by atoms with Gasteiger partial charge in [0.2, 0.25) is 0 Å². The van der Waals surface area contributed by atoms with Crippen molar-refractivity contribution >= 4 is 5.97 Å². The van der Waals surface area contributed by atoms with Crippen LogP contribution in [0.4, 0.5) is 0 Å². The van der Waals surface area contributed by atoms with Crippen LogP contribution in [0, 0.1) is 5.92 Å². The number of methoxy groups -OCH3 is 1. The number of hydrogen-bond donors (Lipinski definition) is 0. The molecule has 0 aliphatic heterocycles. The van der Waals surface area contributed by atoms with Crippen LogP contribution in [0.3, 0.4) is 0 Å². The molecule has 2 atom stereocenters. The first-order valence-corrected chi connectivity index (χ1v) is 8.21. The van der Waals surface area contributed by atoms with Crippen molar-refractivity contribution in [2.24, 2.45) is 5.92 Å². The third kappa shape index (κ3) is 8.11. The molecule has 5 heteroatoms. The Morgan fingerprint density at radius 2 is 1.86 bits per heavy atom. The summed E-state index contributed by atoms with van der Waals surface area (Å²) in [7, 11) is 5.85. The van der Waals surface area contributed by atoms with E-state index in [2.05, 4.69) is 32.8 Å². The van der Waals surface area contributed by atoms with Crippen LogP contribution in [0.2, 0.25) is 0 Å². The van der Waals surface area contributed by atoms with E-state index in [1.54, 1.807) is 7.11 Å². The Balaban J connectivity index is 3.90. The highest BCUT2D eigenvalue weighted by Gasteiger charge is 2.23. The van der Waals surface area contributed by atoms with Crippen molar-refractivity contribution in [2.75, 3.05) is 41.0 Å². The molecule has 22 heavy (non-hydrogen) atoms. The second-order valence-corrected chi connectivity index (χ2v) is 6.57. The molecule has 2 unspecified atom stereocenters. The molecular formula is C17H35NO4. The number of carbonyl (C=O) groups excluding carboxylic acids is 1. The first-order chi connectivity index (χ1) is 10.3. The lowest BCUT2D eigenvalue weighted by atomic mass is 9.92. The monoisotopic (exact) mass is 317 g/mol. The summed E-state index contributed by atoms with van der Waals surface area (Å²) in [4.78, 5) is 13.7. The minimum absolute atomic E-state index is 0.115. The van der Waals surface area contributed by atoms with Gasteiger partial charge in [0.05, 0.1) is 12.5 Å². The molecule has 0 N–H and O–H groups in total. The van der Waals surface area contributed by atoms with Gasteiger partial charge in [0.1, 0.15) is 12.7 Å². The molecule has 0 aromatic heterocycles. The fraction of sp³-hybridized carbons (Fsp3) is 0.941. The Morgan fingerprint density at radius 3 is 2.32 bits per heavy atom. The fourth-order valence-electron chi connectivity index (χ4n) is 2.01. The van der Waals surface area contributed by atoms with Crippen molar-refractivity contribution in [3.63, 3.8) is 0 Å². The highest BCUT2D eigenvalue weighted by Crippen LogP contribution is 2.22. The van der Waals surface area contributed by atoms with Crippen molar-refractivity contribution in [3.05, 3.63) is 0 Å². The summed E-state index contributed by atoms with van der Waals surface area (Å²) in [6.07, 6.45) is 3.02. The summed E-state index contributed by atoms with van der Waals surface area (Å²) < 4.78 is 16.1. The van der Waals surface area contributed by atoms with E-state index in [0.717, 1.165) is 19.3 Å². The molecule has 0 saturated heterocycles. The van der Waals surface area contributed by atoms with E-state index in [9.17, 15) is 4.79 Å². The van der Waals surface area contributed by atoms with Gasteiger partial charge in [-0.1, -0.05) is 20.8 Å². The smallest absolute Gasteiger partial charge is 0.308 e. The van der Waals surface area contributed by atoms with Crippen LogP contribution in [0.5, 0.6) is 0 Å². The Hall–Kier alpha value is -0.650. The average molecular weight is 317 g/mol. The van der Waals surface area contributed by atoms with Crippen LogP contribution in [0.25, 0.3) is 0 Å². The van der Waals surface area contributed by atoms with Gasteiger partial charge in [-0.15, -0.1) is 0 Å². The molecule has 0 aromatic rings. The molecular weight excluding hydrogens is 282 g/mol. The van der Waals surface area contributed by atoms with Gasteiger partial charge in [0.25, 0.3) is 0 Å². The standard InChI is InChI=1S/C17H35NO4/c1-8-17(4,18(5)6)10-9-11-21-12-15(20-7)13-22-16(19)14(2)3/h14-15H,8-13H2,1-7H3. The molecule has 0 spiro atoms. The maximum atomic E-state index is 11.4. The van der Waals surface area contributed by atoms with Gasteiger partial charge < -0.3 is 19.1 Å². The number of nitrogens with zero attached hydrogens (tertiary/aromatic N) is 1. The fourth-order valence-corrected chi connectivity index (χ4v) is 2.01. The largest absolute Gasteiger partial charge is 0.463 e. The molecule has 0 heterocycles. The number of rotatable bonds is 12. The number of esters is 1. The zero-order valence-corrected chi connectivity index (χ0v) is 15.5. The van der Waals surface area contributed by atoms with E-state index in [1.165, 1.54) is 0 Å². The molecule has 0 rings (SSSR count). The highest BCUT2D eigenvalue weighted by atomic mass is 16.6. The molecule has 0 fully saturated rings. The lowest BCUT2D eigenvalue weighted by Gasteiger charge is -2.35. The molecule has 5 nitrogen and oxygen atoms in total. The molecule has 0 amide bonds.